The highest BCUT2D eigenvalue weighted by Crippen LogP contribution is 2.31. The Kier molecular flexibility index (Phi) is 18.5. The van der Waals surface area contributed by atoms with Crippen molar-refractivity contribution in [2.75, 3.05) is 92.1 Å². The van der Waals surface area contributed by atoms with E-state index in [0.29, 0.717) is 26.4 Å². The predicted molar refractivity (Wildman–Crippen MR) is 132 cm³/mol. The Morgan fingerprint density at radius 2 is 1.32 bits per heavy atom. The van der Waals surface area contributed by atoms with Crippen molar-refractivity contribution in [3.8, 4) is 0 Å². The van der Waals surface area contributed by atoms with Gasteiger partial charge in [0.25, 0.3) is 10.1 Å². The van der Waals surface area contributed by atoms with Crippen molar-refractivity contribution < 1.29 is 74.3 Å². The van der Waals surface area contributed by atoms with Crippen molar-refractivity contribution in [1.29, 1.82) is 0 Å². The molecule has 0 aromatic rings. The molecule has 3 unspecified atom stereocenters. The van der Waals surface area contributed by atoms with Gasteiger partial charge in [-0.15, -0.1) is 0 Å². The highest BCUT2D eigenvalue weighted by Gasteiger charge is 2.47. The summed E-state index contributed by atoms with van der Waals surface area (Å²) < 4.78 is 99.8. The smallest absolute Gasteiger partial charge is 0.378 e. The predicted octanol–water partition coefficient (Wildman–Crippen LogP) is -0.145. The van der Waals surface area contributed by atoms with Gasteiger partial charge in [0.1, 0.15) is 12.7 Å². The quantitative estimate of drug-likeness (QED) is 0.0885. The zero-order valence-corrected chi connectivity index (χ0v) is 23.3. The van der Waals surface area contributed by atoms with Gasteiger partial charge in [0.15, 0.2) is 5.75 Å². The van der Waals surface area contributed by atoms with Gasteiger partial charge >= 0.3 is 17.9 Å². The van der Waals surface area contributed by atoms with E-state index in [1.165, 1.54) is 0 Å². The average molecular weight is 611 g/mol. The number of aliphatic hydroxyl groups excluding tert-OH is 1. The van der Waals surface area contributed by atoms with E-state index >= 15 is 0 Å². The molecule has 14 nitrogen and oxygen atoms in total. The fourth-order valence-electron chi connectivity index (χ4n) is 3.61. The highest BCUT2D eigenvalue weighted by atomic mass is 32.2. The molecule has 0 saturated heterocycles. The Morgan fingerprint density at radius 3 is 1.90 bits per heavy atom. The van der Waals surface area contributed by atoms with Gasteiger partial charge in [-0.1, -0.05) is 0 Å². The van der Waals surface area contributed by atoms with Crippen LogP contribution in [0.4, 0.5) is 8.78 Å². The van der Waals surface area contributed by atoms with Gasteiger partial charge in [-0.05, 0) is 12.8 Å². The van der Waals surface area contributed by atoms with Crippen LogP contribution in [0.2, 0.25) is 0 Å². The molecule has 0 aromatic heterocycles. The van der Waals surface area contributed by atoms with Crippen molar-refractivity contribution >= 4 is 22.1 Å². The van der Waals surface area contributed by atoms with Crippen LogP contribution in [-0.2, 0) is 57.6 Å². The lowest BCUT2D eigenvalue weighted by Gasteiger charge is -2.34. The lowest BCUT2D eigenvalue weighted by Crippen LogP contribution is -2.43. The molecule has 0 aliphatic heterocycles. The highest BCUT2D eigenvalue weighted by molar-refractivity contribution is 7.85. The molecule has 0 amide bonds. The lowest BCUT2D eigenvalue weighted by molar-refractivity contribution is -0.182. The van der Waals surface area contributed by atoms with Crippen molar-refractivity contribution in [3.05, 3.63) is 0 Å². The maximum absolute atomic E-state index is 14.0. The first-order valence-electron chi connectivity index (χ1n) is 12.7. The molecule has 1 saturated carbocycles. The third-order valence-corrected chi connectivity index (χ3v) is 6.08. The van der Waals surface area contributed by atoms with E-state index in [2.05, 4.69) is 0 Å². The first-order valence-corrected chi connectivity index (χ1v) is 14.3. The Balaban J connectivity index is 2.60. The van der Waals surface area contributed by atoms with Crippen molar-refractivity contribution in [2.24, 2.45) is 5.92 Å². The molecule has 3 atom stereocenters. The first-order chi connectivity index (χ1) is 19.0. The molecule has 0 bridgehead atoms. The van der Waals surface area contributed by atoms with Crippen LogP contribution in [0.25, 0.3) is 0 Å². The number of methoxy groups -OCH3 is 1. The van der Waals surface area contributed by atoms with Crippen molar-refractivity contribution in [2.45, 2.75) is 37.4 Å². The first kappa shape index (κ1) is 36.5. The van der Waals surface area contributed by atoms with E-state index in [0.717, 1.165) is 0 Å². The molecule has 236 valence electrons. The van der Waals surface area contributed by atoms with Crippen molar-refractivity contribution in [3.63, 3.8) is 0 Å². The zero-order valence-electron chi connectivity index (χ0n) is 22.5. The molecule has 1 rings (SSSR count). The van der Waals surface area contributed by atoms with Crippen LogP contribution >= 0.6 is 0 Å². The maximum atomic E-state index is 14.0. The zero-order chi connectivity index (χ0) is 29.9. The third-order valence-electron chi connectivity index (χ3n) is 5.35. The second-order valence-corrected chi connectivity index (χ2v) is 10.1. The molecule has 0 radical (unpaired) electrons. The Hall–Kier alpha value is -1.57. The number of hydrogen-bond acceptors (Lipinski definition) is 13. The molecule has 0 aromatic carbocycles. The van der Waals surface area contributed by atoms with Crippen LogP contribution in [-0.4, -0.2) is 140 Å². The molecule has 0 spiro atoms. The fourth-order valence-corrected chi connectivity index (χ4v) is 4.19. The Labute approximate surface area is 232 Å². The summed E-state index contributed by atoms with van der Waals surface area (Å²) in [4.78, 5) is 24.6. The molecule has 40 heavy (non-hydrogen) atoms. The van der Waals surface area contributed by atoms with Gasteiger partial charge in [-0.25, -0.2) is 4.79 Å². The largest absolute Gasteiger partial charge is 0.463 e. The molecular formula is C23H40F2O14S. The minimum Gasteiger partial charge on any atom is -0.463 e. The number of halogens is 2. The van der Waals surface area contributed by atoms with Crippen LogP contribution in [0.15, 0.2) is 0 Å². The normalized spacial score (nSPS) is 19.9. The third kappa shape index (κ3) is 17.3. The fraction of sp³-hybridized carbons (Fsp3) is 0.913. The summed E-state index contributed by atoms with van der Waals surface area (Å²) >= 11 is 0. The van der Waals surface area contributed by atoms with Crippen LogP contribution < -0.4 is 0 Å². The molecule has 2 N–H and O–H groups in total. The van der Waals surface area contributed by atoms with E-state index < -0.39 is 51.9 Å². The van der Waals surface area contributed by atoms with E-state index in [-0.39, 0.29) is 72.1 Å². The Bertz CT molecular complexity index is 813. The second kappa shape index (κ2) is 20.3. The molecule has 17 heteroatoms. The molecule has 1 aliphatic carbocycles. The summed E-state index contributed by atoms with van der Waals surface area (Å²) in [5.74, 6) is -10.3. The Morgan fingerprint density at radius 1 is 0.800 bits per heavy atom. The van der Waals surface area contributed by atoms with E-state index in [9.17, 15) is 26.8 Å². The minimum absolute atomic E-state index is 0.0332. The molecular weight excluding hydrogens is 570 g/mol. The summed E-state index contributed by atoms with van der Waals surface area (Å²) in [6.07, 6.45) is -1.91. The van der Waals surface area contributed by atoms with Crippen LogP contribution in [0.3, 0.4) is 0 Å². The summed E-state index contributed by atoms with van der Waals surface area (Å²) in [6.45, 7) is 2.27. The lowest BCUT2D eigenvalue weighted by atomic mass is 9.85. The summed E-state index contributed by atoms with van der Waals surface area (Å²) in [6, 6.07) is 0. The second-order valence-electron chi connectivity index (χ2n) is 8.69. The molecule has 0 heterocycles. The summed E-state index contributed by atoms with van der Waals surface area (Å²) in [5.41, 5.74) is 0. The van der Waals surface area contributed by atoms with Gasteiger partial charge in [-0.2, -0.15) is 17.2 Å². The number of esters is 2. The number of ether oxygens (including phenoxy) is 8. The van der Waals surface area contributed by atoms with E-state index in [1.54, 1.807) is 7.11 Å². The van der Waals surface area contributed by atoms with E-state index in [1.807, 2.05) is 0 Å². The number of rotatable bonds is 23. The van der Waals surface area contributed by atoms with Crippen molar-refractivity contribution in [1.82, 2.24) is 0 Å². The number of hydrogen-bond donors (Lipinski definition) is 2. The molecule has 1 fully saturated rings. The average Bonchev–Trinajstić information content (AvgIpc) is 2.87. The van der Waals surface area contributed by atoms with E-state index in [4.69, 9.17) is 47.6 Å². The number of carbonyl (C=O) groups is 2. The van der Waals surface area contributed by atoms with Crippen LogP contribution in [0.1, 0.15) is 19.3 Å². The standard InChI is InChI=1S/C23H40F2O14S/c1-32-4-5-34-8-9-35-10-12-37-19-14-18(21(27)38-13-11-36-7-6-33-3-2-26)15-20(16-19)39-22(28)23(24,25)17-40(29,30)31/h18-20,26H,2-17H2,1H3,(H,29,30,31). The van der Waals surface area contributed by atoms with Crippen LogP contribution in [0, 0.1) is 5.92 Å². The molecule has 1 aliphatic rings. The van der Waals surface area contributed by atoms with Gasteiger partial charge in [-0.3, -0.25) is 9.35 Å². The number of carbonyl (C=O) groups excluding carboxylic acids is 2. The topological polar surface area (TPSA) is 183 Å². The SMILES string of the molecule is COCCOCCOCCOC1CC(OC(=O)C(F)(F)CS(=O)(=O)O)CC(C(=O)OCCOCCOCCO)C1. The van der Waals surface area contributed by atoms with Gasteiger partial charge < -0.3 is 43.0 Å². The summed E-state index contributed by atoms with van der Waals surface area (Å²) in [5, 5.41) is 8.63. The van der Waals surface area contributed by atoms with Crippen LogP contribution in [0.5, 0.6) is 0 Å². The number of aliphatic hydroxyl groups is 1. The maximum Gasteiger partial charge on any atom is 0.378 e. The van der Waals surface area contributed by atoms with Gasteiger partial charge in [0, 0.05) is 13.5 Å². The number of alkyl halides is 2. The monoisotopic (exact) mass is 610 g/mol. The minimum atomic E-state index is -5.16. The van der Waals surface area contributed by atoms with Gasteiger partial charge in [0.2, 0.25) is 0 Å². The summed E-state index contributed by atoms with van der Waals surface area (Å²) in [7, 11) is -3.61. The van der Waals surface area contributed by atoms with Gasteiger partial charge in [0.05, 0.1) is 84.7 Å².